The standard InChI is InChI=1S/C14H20O5S/c1-11-5-7-12(8-6-11)20(15,16)18-10-14(4)9-17-13(2,3)19-14/h5-8H,9-10H2,1-4H3/t14-/m0/s1. The zero-order valence-corrected chi connectivity index (χ0v) is 13.0. The first-order valence-electron chi connectivity index (χ1n) is 6.42. The van der Waals surface area contributed by atoms with Crippen molar-refractivity contribution in [2.24, 2.45) is 0 Å². The Morgan fingerprint density at radius 2 is 1.80 bits per heavy atom. The van der Waals surface area contributed by atoms with E-state index in [1.165, 1.54) is 12.1 Å². The fourth-order valence-electron chi connectivity index (χ4n) is 2.03. The van der Waals surface area contributed by atoms with Crippen LogP contribution in [0.2, 0.25) is 0 Å². The van der Waals surface area contributed by atoms with E-state index in [1.807, 2.05) is 6.92 Å². The van der Waals surface area contributed by atoms with Crippen LogP contribution < -0.4 is 0 Å². The molecule has 20 heavy (non-hydrogen) atoms. The first kappa shape index (κ1) is 15.4. The molecule has 6 heteroatoms. The van der Waals surface area contributed by atoms with Gasteiger partial charge in [0.15, 0.2) is 5.79 Å². The van der Waals surface area contributed by atoms with Gasteiger partial charge in [-0.15, -0.1) is 0 Å². The molecule has 1 aromatic carbocycles. The maximum Gasteiger partial charge on any atom is 0.297 e. The summed E-state index contributed by atoms with van der Waals surface area (Å²) in [6, 6.07) is 6.53. The van der Waals surface area contributed by atoms with Crippen molar-refractivity contribution in [1.29, 1.82) is 0 Å². The second kappa shape index (κ2) is 5.11. The van der Waals surface area contributed by atoms with Crippen molar-refractivity contribution < 1.29 is 22.1 Å². The summed E-state index contributed by atoms with van der Waals surface area (Å²) in [5.41, 5.74) is 0.228. The number of aryl methyl sites for hydroxylation is 1. The Hall–Kier alpha value is -0.950. The Bertz CT molecular complexity index is 576. The van der Waals surface area contributed by atoms with Crippen molar-refractivity contribution in [3.05, 3.63) is 29.8 Å². The van der Waals surface area contributed by atoms with E-state index in [2.05, 4.69) is 0 Å². The zero-order valence-electron chi connectivity index (χ0n) is 12.2. The average Bonchev–Trinajstić information content (AvgIpc) is 2.63. The van der Waals surface area contributed by atoms with Crippen molar-refractivity contribution in [2.45, 2.75) is 44.0 Å². The predicted octanol–water partition coefficient (Wildman–Crippen LogP) is 2.24. The van der Waals surface area contributed by atoms with Crippen LogP contribution in [-0.4, -0.2) is 33.0 Å². The molecule has 1 aliphatic heterocycles. The van der Waals surface area contributed by atoms with Gasteiger partial charge in [-0.25, -0.2) is 0 Å². The number of rotatable bonds is 4. The summed E-state index contributed by atoms with van der Waals surface area (Å²) in [6.07, 6.45) is 0. The van der Waals surface area contributed by atoms with Crippen molar-refractivity contribution in [3.8, 4) is 0 Å². The lowest BCUT2D eigenvalue weighted by Gasteiger charge is -2.24. The first-order chi connectivity index (χ1) is 9.12. The third-order valence-corrected chi connectivity index (χ3v) is 4.32. The Balaban J connectivity index is 2.05. The lowest BCUT2D eigenvalue weighted by molar-refractivity contribution is -0.162. The molecule has 1 heterocycles. The molecule has 0 saturated carbocycles. The molecule has 5 nitrogen and oxygen atoms in total. The highest BCUT2D eigenvalue weighted by molar-refractivity contribution is 7.86. The van der Waals surface area contributed by atoms with Crippen LogP contribution in [0.25, 0.3) is 0 Å². The Morgan fingerprint density at radius 3 is 2.30 bits per heavy atom. The Kier molecular flexibility index (Phi) is 3.94. The number of hydrogen-bond acceptors (Lipinski definition) is 5. The van der Waals surface area contributed by atoms with E-state index in [-0.39, 0.29) is 11.5 Å². The van der Waals surface area contributed by atoms with Gasteiger partial charge in [0.05, 0.1) is 18.1 Å². The molecule has 2 rings (SSSR count). The lowest BCUT2D eigenvalue weighted by Crippen LogP contribution is -2.36. The van der Waals surface area contributed by atoms with Gasteiger partial charge in [0.1, 0.15) is 5.60 Å². The molecule has 0 radical (unpaired) electrons. The van der Waals surface area contributed by atoms with Gasteiger partial charge in [0.25, 0.3) is 10.1 Å². The van der Waals surface area contributed by atoms with Crippen molar-refractivity contribution in [1.82, 2.24) is 0 Å². The maximum absolute atomic E-state index is 12.1. The minimum atomic E-state index is -3.78. The zero-order chi connectivity index (χ0) is 15.0. The third-order valence-electron chi connectivity index (χ3n) is 3.05. The van der Waals surface area contributed by atoms with E-state index >= 15 is 0 Å². The monoisotopic (exact) mass is 300 g/mol. The molecular formula is C14H20O5S. The first-order valence-corrected chi connectivity index (χ1v) is 7.83. The predicted molar refractivity (Wildman–Crippen MR) is 73.8 cm³/mol. The summed E-state index contributed by atoms with van der Waals surface area (Å²) in [6.45, 7) is 7.45. The summed E-state index contributed by atoms with van der Waals surface area (Å²) in [4.78, 5) is 0.143. The molecule has 0 aliphatic carbocycles. The van der Waals surface area contributed by atoms with Gasteiger partial charge in [0.2, 0.25) is 0 Å². The smallest absolute Gasteiger partial charge is 0.297 e. The molecule has 0 bridgehead atoms. The van der Waals surface area contributed by atoms with E-state index < -0.39 is 21.5 Å². The van der Waals surface area contributed by atoms with Gasteiger partial charge >= 0.3 is 0 Å². The van der Waals surface area contributed by atoms with Gasteiger partial charge in [-0.3, -0.25) is 4.18 Å². The van der Waals surface area contributed by atoms with Crippen LogP contribution in [0.5, 0.6) is 0 Å². The van der Waals surface area contributed by atoms with Crippen LogP contribution in [0.4, 0.5) is 0 Å². The summed E-state index contributed by atoms with van der Waals surface area (Å²) in [5, 5.41) is 0. The molecule has 0 unspecified atom stereocenters. The van der Waals surface area contributed by atoms with Crippen molar-refractivity contribution >= 4 is 10.1 Å². The van der Waals surface area contributed by atoms with Crippen LogP contribution in [0, 0.1) is 6.92 Å². The normalized spacial score (nSPS) is 25.8. The van der Waals surface area contributed by atoms with Crippen LogP contribution in [-0.2, 0) is 23.8 Å². The molecular weight excluding hydrogens is 280 g/mol. The number of ether oxygens (including phenoxy) is 2. The highest BCUT2D eigenvalue weighted by Gasteiger charge is 2.43. The topological polar surface area (TPSA) is 61.8 Å². The SMILES string of the molecule is Cc1ccc(S(=O)(=O)OC[C@]2(C)COC(C)(C)O2)cc1. The largest absolute Gasteiger partial charge is 0.347 e. The van der Waals surface area contributed by atoms with Crippen molar-refractivity contribution in [2.75, 3.05) is 13.2 Å². The maximum atomic E-state index is 12.1. The fourth-order valence-corrected chi connectivity index (χ4v) is 3.04. The number of benzene rings is 1. The van der Waals surface area contributed by atoms with Crippen LogP contribution >= 0.6 is 0 Å². The van der Waals surface area contributed by atoms with Crippen molar-refractivity contribution in [3.63, 3.8) is 0 Å². The van der Waals surface area contributed by atoms with Crippen LogP contribution in [0.1, 0.15) is 26.3 Å². The molecule has 0 spiro atoms. The Labute approximate surface area is 120 Å². The molecule has 1 atom stereocenters. The quantitative estimate of drug-likeness (QED) is 0.798. The Morgan fingerprint density at radius 1 is 1.20 bits per heavy atom. The minimum Gasteiger partial charge on any atom is -0.347 e. The molecule has 0 amide bonds. The summed E-state index contributed by atoms with van der Waals surface area (Å²) < 4.78 is 40.4. The molecule has 0 N–H and O–H groups in total. The highest BCUT2D eigenvalue weighted by atomic mass is 32.2. The lowest BCUT2D eigenvalue weighted by atomic mass is 10.1. The summed E-state index contributed by atoms with van der Waals surface area (Å²) in [5.74, 6) is -0.717. The van der Waals surface area contributed by atoms with Gasteiger partial charge in [0, 0.05) is 0 Å². The summed E-state index contributed by atoms with van der Waals surface area (Å²) in [7, 11) is -3.78. The average molecular weight is 300 g/mol. The molecule has 1 fully saturated rings. The van der Waals surface area contributed by atoms with E-state index in [9.17, 15) is 8.42 Å². The fraction of sp³-hybridized carbons (Fsp3) is 0.571. The minimum absolute atomic E-state index is 0.0767. The van der Waals surface area contributed by atoms with Crippen LogP contribution in [0.15, 0.2) is 29.2 Å². The highest BCUT2D eigenvalue weighted by Crippen LogP contribution is 2.31. The second-order valence-electron chi connectivity index (χ2n) is 5.77. The van der Waals surface area contributed by atoms with E-state index in [0.717, 1.165) is 5.56 Å². The molecule has 112 valence electrons. The van der Waals surface area contributed by atoms with Gasteiger partial charge in [-0.2, -0.15) is 8.42 Å². The van der Waals surface area contributed by atoms with Crippen LogP contribution in [0.3, 0.4) is 0 Å². The van der Waals surface area contributed by atoms with Gasteiger partial charge in [-0.1, -0.05) is 17.7 Å². The van der Waals surface area contributed by atoms with E-state index in [4.69, 9.17) is 13.7 Å². The summed E-state index contributed by atoms with van der Waals surface area (Å²) >= 11 is 0. The molecule has 1 aromatic rings. The van der Waals surface area contributed by atoms with Gasteiger partial charge < -0.3 is 9.47 Å². The number of hydrogen-bond donors (Lipinski definition) is 0. The molecule has 1 aliphatic rings. The van der Waals surface area contributed by atoms with E-state index in [1.54, 1.807) is 32.9 Å². The van der Waals surface area contributed by atoms with E-state index in [0.29, 0.717) is 6.61 Å². The second-order valence-corrected chi connectivity index (χ2v) is 7.39. The molecule has 1 saturated heterocycles. The van der Waals surface area contributed by atoms with Gasteiger partial charge in [-0.05, 0) is 39.8 Å². The third kappa shape index (κ3) is 3.58. The molecule has 0 aromatic heterocycles.